The fourth-order valence-corrected chi connectivity index (χ4v) is 4.35. The number of carbonyl (C=O) groups excluding carboxylic acids is 1. The van der Waals surface area contributed by atoms with Crippen molar-refractivity contribution in [3.63, 3.8) is 0 Å². The maximum absolute atomic E-state index is 12.5. The highest BCUT2D eigenvalue weighted by Gasteiger charge is 2.25. The van der Waals surface area contributed by atoms with Crippen molar-refractivity contribution in [1.29, 1.82) is 0 Å². The minimum atomic E-state index is -0.397. The van der Waals surface area contributed by atoms with Crippen LogP contribution in [0.4, 0.5) is 0 Å². The van der Waals surface area contributed by atoms with Crippen LogP contribution in [0, 0.1) is 6.92 Å². The quantitative estimate of drug-likeness (QED) is 0.619. The van der Waals surface area contributed by atoms with Crippen molar-refractivity contribution in [2.24, 2.45) is 5.73 Å². The van der Waals surface area contributed by atoms with Gasteiger partial charge in [-0.05, 0) is 47.6 Å². The molecule has 0 fully saturated rings. The zero-order chi connectivity index (χ0) is 22.3. The van der Waals surface area contributed by atoms with Crippen molar-refractivity contribution < 1.29 is 14.3 Å². The molecule has 1 aromatic heterocycles. The molecule has 162 valence electrons. The molecule has 1 amide bonds. The number of nitrogens with zero attached hydrogens (tertiary/aromatic N) is 1. The van der Waals surface area contributed by atoms with Gasteiger partial charge in [0.1, 0.15) is 0 Å². The molecule has 2 N–H and O–H groups in total. The van der Waals surface area contributed by atoms with Gasteiger partial charge in [-0.15, -0.1) is 0 Å². The third kappa shape index (κ3) is 3.80. The van der Waals surface area contributed by atoms with Crippen LogP contribution >= 0.6 is 0 Å². The van der Waals surface area contributed by atoms with Gasteiger partial charge in [0.05, 0.1) is 5.56 Å². The van der Waals surface area contributed by atoms with E-state index in [1.165, 1.54) is 5.56 Å². The van der Waals surface area contributed by atoms with Crippen molar-refractivity contribution >= 4 is 5.91 Å². The molecule has 0 saturated heterocycles. The normalized spacial score (nSPS) is 12.9. The molecule has 0 bridgehead atoms. The summed E-state index contributed by atoms with van der Waals surface area (Å²) in [5, 5.41) is 0. The Hall–Kier alpha value is -3.21. The summed E-state index contributed by atoms with van der Waals surface area (Å²) in [4.78, 5) is 12.5. The summed E-state index contributed by atoms with van der Waals surface area (Å²) in [5.74, 6) is 1.13. The van der Waals surface area contributed by atoms with E-state index < -0.39 is 5.91 Å². The number of rotatable bonds is 5. The molecule has 0 radical (unpaired) electrons. The lowest BCUT2D eigenvalue weighted by atomic mass is 9.86. The second kappa shape index (κ2) is 7.80. The van der Waals surface area contributed by atoms with Crippen molar-refractivity contribution in [3.05, 3.63) is 70.5 Å². The van der Waals surface area contributed by atoms with E-state index in [1.54, 1.807) is 0 Å². The third-order valence-corrected chi connectivity index (χ3v) is 6.03. The molecule has 4 rings (SSSR count). The molecule has 5 nitrogen and oxygen atoms in total. The molecule has 0 saturated carbocycles. The van der Waals surface area contributed by atoms with E-state index in [4.69, 9.17) is 15.2 Å². The minimum absolute atomic E-state index is 0.0693. The lowest BCUT2D eigenvalue weighted by molar-refractivity contribution is 0.1000. The molecular formula is C26H30N2O3. The lowest BCUT2D eigenvalue weighted by Gasteiger charge is -2.19. The summed E-state index contributed by atoms with van der Waals surface area (Å²) in [5.41, 5.74) is 12.8. The van der Waals surface area contributed by atoms with E-state index in [0.29, 0.717) is 12.1 Å². The molecule has 0 atom stereocenters. The van der Waals surface area contributed by atoms with Crippen LogP contribution in [0.1, 0.15) is 60.6 Å². The molecule has 5 heteroatoms. The van der Waals surface area contributed by atoms with Crippen molar-refractivity contribution in [1.82, 2.24) is 4.57 Å². The van der Waals surface area contributed by atoms with E-state index in [1.807, 2.05) is 25.1 Å². The first kappa shape index (κ1) is 21.0. The van der Waals surface area contributed by atoms with E-state index in [0.717, 1.165) is 46.0 Å². The number of hydrogen-bond acceptors (Lipinski definition) is 3. The van der Waals surface area contributed by atoms with Gasteiger partial charge in [0, 0.05) is 23.5 Å². The first-order valence-electron chi connectivity index (χ1n) is 10.7. The van der Waals surface area contributed by atoms with Crippen LogP contribution in [-0.4, -0.2) is 17.3 Å². The van der Waals surface area contributed by atoms with Gasteiger partial charge in [-0.1, -0.05) is 58.0 Å². The zero-order valence-electron chi connectivity index (χ0n) is 18.9. The topological polar surface area (TPSA) is 66.5 Å². The van der Waals surface area contributed by atoms with Gasteiger partial charge in [0.15, 0.2) is 11.5 Å². The van der Waals surface area contributed by atoms with Crippen LogP contribution in [0.5, 0.6) is 11.5 Å². The van der Waals surface area contributed by atoms with Crippen LogP contribution < -0.4 is 15.2 Å². The van der Waals surface area contributed by atoms with Gasteiger partial charge in [-0.25, -0.2) is 0 Å². The fourth-order valence-electron chi connectivity index (χ4n) is 4.35. The number of fused-ring (bicyclic) bond motifs is 1. The standard InChI is InChI=1S/C26H30N2O3/c1-6-20-24(18-8-10-19(11-9-18)26(3,4)5)23(25(27)29)16(2)28(20)14-17-7-12-21-22(13-17)31-15-30-21/h7-13H,6,14-15H2,1-5H3,(H2,27,29). The number of amides is 1. The third-order valence-electron chi connectivity index (χ3n) is 6.03. The highest BCUT2D eigenvalue weighted by atomic mass is 16.7. The largest absolute Gasteiger partial charge is 0.454 e. The highest BCUT2D eigenvalue weighted by Crippen LogP contribution is 2.37. The number of nitrogens with two attached hydrogens (primary N) is 1. The van der Waals surface area contributed by atoms with Gasteiger partial charge < -0.3 is 19.8 Å². The smallest absolute Gasteiger partial charge is 0.251 e. The van der Waals surface area contributed by atoms with E-state index in [9.17, 15) is 4.79 Å². The monoisotopic (exact) mass is 418 g/mol. The predicted molar refractivity (Wildman–Crippen MR) is 123 cm³/mol. The maximum atomic E-state index is 12.5. The Kier molecular flexibility index (Phi) is 5.29. The Labute approximate surface area is 183 Å². The molecular weight excluding hydrogens is 388 g/mol. The molecule has 1 aliphatic rings. The highest BCUT2D eigenvalue weighted by molar-refractivity contribution is 6.02. The second-order valence-corrected chi connectivity index (χ2v) is 9.10. The summed E-state index contributed by atoms with van der Waals surface area (Å²) in [7, 11) is 0. The first-order chi connectivity index (χ1) is 14.7. The second-order valence-electron chi connectivity index (χ2n) is 9.10. The van der Waals surface area contributed by atoms with Crippen LogP contribution in [0.2, 0.25) is 0 Å². The Balaban J connectivity index is 1.81. The number of primary amides is 1. The van der Waals surface area contributed by atoms with E-state index >= 15 is 0 Å². The Bertz CT molecular complexity index is 1130. The molecule has 0 aliphatic carbocycles. The van der Waals surface area contributed by atoms with Crippen molar-refractivity contribution in [2.75, 3.05) is 6.79 Å². The minimum Gasteiger partial charge on any atom is -0.454 e. The van der Waals surface area contributed by atoms with Crippen molar-refractivity contribution in [3.8, 4) is 22.6 Å². The fraction of sp³-hybridized carbons (Fsp3) is 0.346. The van der Waals surface area contributed by atoms with Crippen LogP contribution in [0.15, 0.2) is 42.5 Å². The predicted octanol–water partition coefficient (Wildman–Crippen LogP) is 5.20. The van der Waals surface area contributed by atoms with Gasteiger partial charge in [0.2, 0.25) is 6.79 Å². The van der Waals surface area contributed by atoms with Crippen LogP contribution in [0.25, 0.3) is 11.1 Å². The average molecular weight is 419 g/mol. The van der Waals surface area contributed by atoms with Gasteiger partial charge in [0.25, 0.3) is 5.91 Å². The Morgan fingerprint density at radius 2 is 1.74 bits per heavy atom. The molecule has 0 unspecified atom stereocenters. The van der Waals surface area contributed by atoms with Crippen LogP contribution in [-0.2, 0) is 18.4 Å². The first-order valence-corrected chi connectivity index (χ1v) is 10.7. The van der Waals surface area contributed by atoms with E-state index in [-0.39, 0.29) is 12.2 Å². The molecule has 31 heavy (non-hydrogen) atoms. The SMILES string of the molecule is CCc1c(-c2ccc(C(C)(C)C)cc2)c(C(N)=O)c(C)n1Cc1ccc2c(c1)OCO2. The number of ether oxygens (including phenoxy) is 2. The van der Waals surface area contributed by atoms with E-state index in [2.05, 4.69) is 56.5 Å². The summed E-state index contributed by atoms with van der Waals surface area (Å²) in [6, 6.07) is 14.5. The lowest BCUT2D eigenvalue weighted by Crippen LogP contribution is -2.14. The number of aromatic nitrogens is 1. The average Bonchev–Trinajstić information content (AvgIpc) is 3.29. The summed E-state index contributed by atoms with van der Waals surface area (Å²) >= 11 is 0. The molecule has 2 aromatic carbocycles. The molecule has 2 heterocycles. The molecule has 1 aliphatic heterocycles. The van der Waals surface area contributed by atoms with Gasteiger partial charge in [-0.2, -0.15) is 0 Å². The van der Waals surface area contributed by atoms with Crippen LogP contribution in [0.3, 0.4) is 0 Å². The van der Waals surface area contributed by atoms with Gasteiger partial charge in [-0.3, -0.25) is 4.79 Å². The number of benzene rings is 2. The summed E-state index contributed by atoms with van der Waals surface area (Å²) in [6.07, 6.45) is 0.787. The Morgan fingerprint density at radius 3 is 2.35 bits per heavy atom. The summed E-state index contributed by atoms with van der Waals surface area (Å²) < 4.78 is 13.2. The number of carbonyl (C=O) groups is 1. The maximum Gasteiger partial charge on any atom is 0.251 e. The van der Waals surface area contributed by atoms with Gasteiger partial charge >= 0.3 is 0 Å². The molecule has 0 spiro atoms. The van der Waals surface area contributed by atoms with Crippen molar-refractivity contribution in [2.45, 2.75) is 53.0 Å². The summed E-state index contributed by atoms with van der Waals surface area (Å²) in [6.45, 7) is 11.6. The Morgan fingerprint density at radius 1 is 1.06 bits per heavy atom. The zero-order valence-corrected chi connectivity index (χ0v) is 18.9. The molecule has 3 aromatic rings. The number of hydrogen-bond donors (Lipinski definition) is 1.